The molecular weight excluding hydrogens is 564 g/mol. The number of fused-ring (bicyclic) bond motifs is 1. The minimum absolute atomic E-state index is 0.0371. The van der Waals surface area contributed by atoms with Gasteiger partial charge in [0, 0.05) is 0 Å². The quantitative estimate of drug-likeness (QED) is 0.171. The summed E-state index contributed by atoms with van der Waals surface area (Å²) in [7, 11) is 1.58. The number of carbonyl (C=O) groups is 2. The summed E-state index contributed by atoms with van der Waals surface area (Å²) in [5.41, 5.74) is 2.02. The molecule has 5 rings (SSSR count). The summed E-state index contributed by atoms with van der Waals surface area (Å²) < 4.78 is 18.1. The predicted octanol–water partition coefficient (Wildman–Crippen LogP) is 7.31. The van der Waals surface area contributed by atoms with E-state index in [1.807, 2.05) is 49.4 Å². The van der Waals surface area contributed by atoms with Gasteiger partial charge in [-0.15, -0.1) is 0 Å². The molecule has 9 heteroatoms. The number of thiazole rings is 1. The first kappa shape index (κ1) is 29.8. The number of ether oxygens (including phenoxy) is 3. The number of benzene rings is 3. The monoisotopic (exact) mass is 598 g/mol. The first-order chi connectivity index (χ1) is 20.8. The molecular formula is C34H34N2O6S. The molecule has 0 saturated carbocycles. The van der Waals surface area contributed by atoms with Crippen molar-refractivity contribution in [3.8, 4) is 17.2 Å². The maximum atomic E-state index is 13.7. The van der Waals surface area contributed by atoms with Gasteiger partial charge in [0.1, 0.15) is 5.75 Å². The first-order valence-electron chi connectivity index (χ1n) is 14.2. The normalized spacial score (nSPS) is 15.2. The number of aromatic nitrogens is 1. The van der Waals surface area contributed by atoms with E-state index < -0.39 is 23.5 Å². The second-order valence-electron chi connectivity index (χ2n) is 10.4. The lowest BCUT2D eigenvalue weighted by molar-refractivity contribution is -0.117. The predicted molar refractivity (Wildman–Crippen MR) is 169 cm³/mol. The number of aliphatic hydroxyl groups excluding tert-OH is 1. The number of carbonyl (C=O) groups excluding carboxylic acids is 2. The second-order valence-corrected chi connectivity index (χ2v) is 11.5. The Morgan fingerprint density at radius 3 is 2.58 bits per heavy atom. The Hall–Kier alpha value is -4.63. The first-order valence-corrected chi connectivity index (χ1v) is 15.0. The number of amides is 1. The third-order valence-electron chi connectivity index (χ3n) is 7.03. The van der Waals surface area contributed by atoms with Crippen molar-refractivity contribution < 1.29 is 28.9 Å². The van der Waals surface area contributed by atoms with Crippen LogP contribution in [0.5, 0.6) is 17.2 Å². The largest absolute Gasteiger partial charge is 0.503 e. The van der Waals surface area contributed by atoms with Crippen molar-refractivity contribution in [3.05, 3.63) is 95.3 Å². The van der Waals surface area contributed by atoms with Crippen LogP contribution in [0.1, 0.15) is 44.4 Å². The van der Waals surface area contributed by atoms with Crippen molar-refractivity contribution in [1.29, 1.82) is 0 Å². The minimum atomic E-state index is -0.952. The molecule has 222 valence electrons. The molecule has 1 aromatic heterocycles. The standard InChI is InChI=1S/C34H34N2O6S/c1-5-41-28-19-23(12-16-27(28)42-18-17-21(2)3)31-30(26(37)15-11-22-9-7-6-8-10-22)32(38)33(39)36(31)34-35-25-14-13-24(40-4)20-29(25)43-34/h6-16,19-21,31,38H,5,17-18H2,1-4H3/b15-11+. The summed E-state index contributed by atoms with van der Waals surface area (Å²) in [6.45, 7) is 7.05. The maximum absolute atomic E-state index is 13.7. The zero-order chi connectivity index (χ0) is 30.5. The molecule has 1 N–H and O–H groups in total. The van der Waals surface area contributed by atoms with Crippen LogP contribution in [0.4, 0.5) is 5.13 Å². The molecule has 1 aliphatic heterocycles. The summed E-state index contributed by atoms with van der Waals surface area (Å²) >= 11 is 1.27. The van der Waals surface area contributed by atoms with Crippen LogP contribution in [0, 0.1) is 5.92 Å². The third kappa shape index (κ3) is 6.41. The van der Waals surface area contributed by atoms with Crippen LogP contribution in [0.25, 0.3) is 16.3 Å². The highest BCUT2D eigenvalue weighted by molar-refractivity contribution is 7.22. The van der Waals surface area contributed by atoms with Crippen LogP contribution < -0.4 is 19.1 Å². The molecule has 0 aliphatic carbocycles. The fraction of sp³-hybridized carbons (Fsp3) is 0.265. The summed E-state index contributed by atoms with van der Waals surface area (Å²) in [5.74, 6) is 0.390. The van der Waals surface area contributed by atoms with Crippen molar-refractivity contribution in [3.63, 3.8) is 0 Å². The van der Waals surface area contributed by atoms with E-state index in [2.05, 4.69) is 13.8 Å². The molecule has 3 aromatic carbocycles. The van der Waals surface area contributed by atoms with Crippen molar-refractivity contribution in [2.45, 2.75) is 33.2 Å². The molecule has 43 heavy (non-hydrogen) atoms. The number of nitrogens with zero attached hydrogens (tertiary/aromatic N) is 2. The van der Waals surface area contributed by atoms with Gasteiger partial charge < -0.3 is 19.3 Å². The van der Waals surface area contributed by atoms with E-state index in [0.717, 1.165) is 16.7 Å². The third-order valence-corrected chi connectivity index (χ3v) is 8.04. The van der Waals surface area contributed by atoms with E-state index in [1.165, 1.54) is 22.3 Å². The van der Waals surface area contributed by atoms with E-state index in [0.29, 0.717) is 52.6 Å². The lowest BCUT2D eigenvalue weighted by atomic mass is 9.95. The van der Waals surface area contributed by atoms with Gasteiger partial charge in [-0.25, -0.2) is 4.98 Å². The van der Waals surface area contributed by atoms with E-state index in [9.17, 15) is 14.7 Å². The van der Waals surface area contributed by atoms with Gasteiger partial charge in [-0.2, -0.15) is 0 Å². The van der Waals surface area contributed by atoms with Crippen molar-refractivity contribution in [1.82, 2.24) is 4.98 Å². The highest BCUT2D eigenvalue weighted by Gasteiger charge is 2.45. The summed E-state index contributed by atoms with van der Waals surface area (Å²) in [5, 5.41) is 11.5. The average molecular weight is 599 g/mol. The molecule has 0 bridgehead atoms. The van der Waals surface area contributed by atoms with E-state index >= 15 is 0 Å². The van der Waals surface area contributed by atoms with E-state index in [1.54, 1.807) is 37.5 Å². The van der Waals surface area contributed by atoms with Crippen LogP contribution in [-0.4, -0.2) is 42.1 Å². The number of allylic oxidation sites excluding steroid dienone is 1. The fourth-order valence-corrected chi connectivity index (χ4v) is 5.83. The molecule has 1 unspecified atom stereocenters. The number of ketones is 1. The van der Waals surface area contributed by atoms with Crippen LogP contribution in [0.2, 0.25) is 0 Å². The Balaban J connectivity index is 1.59. The highest BCUT2D eigenvalue weighted by Crippen LogP contribution is 2.45. The molecule has 4 aromatic rings. The number of hydrogen-bond donors (Lipinski definition) is 1. The molecule has 0 saturated heterocycles. The van der Waals surface area contributed by atoms with Gasteiger partial charge in [-0.05, 0) is 66.8 Å². The number of anilines is 1. The maximum Gasteiger partial charge on any atom is 0.296 e. The van der Waals surface area contributed by atoms with Crippen LogP contribution in [0.3, 0.4) is 0 Å². The van der Waals surface area contributed by atoms with Gasteiger partial charge >= 0.3 is 0 Å². The molecule has 1 amide bonds. The summed E-state index contributed by atoms with van der Waals surface area (Å²) in [6, 6.07) is 19.2. The summed E-state index contributed by atoms with van der Waals surface area (Å²) in [6.07, 6.45) is 3.92. The van der Waals surface area contributed by atoms with Gasteiger partial charge in [0.15, 0.2) is 28.2 Å². The molecule has 0 radical (unpaired) electrons. The Morgan fingerprint density at radius 2 is 1.86 bits per heavy atom. The van der Waals surface area contributed by atoms with Crippen LogP contribution in [-0.2, 0) is 9.59 Å². The molecule has 0 spiro atoms. The van der Waals surface area contributed by atoms with E-state index in [-0.39, 0.29) is 5.57 Å². The zero-order valence-electron chi connectivity index (χ0n) is 24.6. The fourth-order valence-electron chi connectivity index (χ4n) is 4.81. The van der Waals surface area contributed by atoms with Gasteiger partial charge in [0.05, 0.1) is 42.2 Å². The molecule has 2 heterocycles. The van der Waals surface area contributed by atoms with Crippen LogP contribution in [0.15, 0.2) is 84.1 Å². The average Bonchev–Trinajstić information content (AvgIpc) is 3.54. The number of aliphatic hydroxyl groups is 1. The van der Waals surface area contributed by atoms with Crippen molar-refractivity contribution >= 4 is 44.5 Å². The number of rotatable bonds is 12. The van der Waals surface area contributed by atoms with E-state index in [4.69, 9.17) is 19.2 Å². The smallest absolute Gasteiger partial charge is 0.296 e. The zero-order valence-corrected chi connectivity index (χ0v) is 25.4. The lowest BCUT2D eigenvalue weighted by Gasteiger charge is -2.25. The highest BCUT2D eigenvalue weighted by atomic mass is 32.1. The molecule has 1 aliphatic rings. The second kappa shape index (κ2) is 13.1. The molecule has 1 atom stereocenters. The SMILES string of the molecule is CCOc1cc(C2C(C(=O)/C=C/c3ccccc3)=C(O)C(=O)N2c2nc3ccc(OC)cc3s2)ccc1OCCC(C)C. The van der Waals surface area contributed by atoms with Crippen LogP contribution >= 0.6 is 11.3 Å². The van der Waals surface area contributed by atoms with Gasteiger partial charge in [0.25, 0.3) is 5.91 Å². The number of hydrogen-bond acceptors (Lipinski definition) is 8. The Kier molecular flexibility index (Phi) is 9.11. The molecule has 8 nitrogen and oxygen atoms in total. The van der Waals surface area contributed by atoms with Gasteiger partial charge in [0.2, 0.25) is 0 Å². The van der Waals surface area contributed by atoms with Gasteiger partial charge in [-0.3, -0.25) is 14.5 Å². The summed E-state index contributed by atoms with van der Waals surface area (Å²) in [4.78, 5) is 33.5. The minimum Gasteiger partial charge on any atom is -0.503 e. The van der Waals surface area contributed by atoms with Gasteiger partial charge in [-0.1, -0.05) is 67.7 Å². The Bertz CT molecular complexity index is 1690. The molecule has 0 fully saturated rings. The number of methoxy groups -OCH3 is 1. The Labute approximate surface area is 254 Å². The van der Waals surface area contributed by atoms with Crippen molar-refractivity contribution in [2.75, 3.05) is 25.2 Å². The van der Waals surface area contributed by atoms with Crippen molar-refractivity contribution in [2.24, 2.45) is 5.92 Å². The Morgan fingerprint density at radius 1 is 1.07 bits per heavy atom. The lowest BCUT2D eigenvalue weighted by Crippen LogP contribution is -2.30. The topological polar surface area (TPSA) is 98.2 Å².